The molecule has 0 bridgehead atoms. The van der Waals surface area contributed by atoms with Crippen LogP contribution in [0.3, 0.4) is 0 Å². The molecule has 0 N–H and O–H groups in total. The molecule has 36 valence electrons. The molecule has 0 rings (SSSR count). The fraction of sp³-hybridized carbons (Fsp3) is 1.00. The second-order valence-corrected chi connectivity index (χ2v) is 1.88. The molecule has 0 heterocycles. The van der Waals surface area contributed by atoms with Crippen molar-refractivity contribution in [3.05, 3.63) is 0 Å². The van der Waals surface area contributed by atoms with Gasteiger partial charge in [-0.2, -0.15) is 0 Å². The van der Waals surface area contributed by atoms with Crippen molar-refractivity contribution in [2.24, 2.45) is 0 Å². The fourth-order valence-electron chi connectivity index (χ4n) is 0.0430. The van der Waals surface area contributed by atoms with Crippen LogP contribution in [0.4, 0.5) is 0 Å². The van der Waals surface area contributed by atoms with Gasteiger partial charge in [-0.1, -0.05) is 0 Å². The summed E-state index contributed by atoms with van der Waals surface area (Å²) in [5.74, 6) is -0.148. The second-order valence-electron chi connectivity index (χ2n) is 0.940. The third-order valence-electron chi connectivity index (χ3n) is 0.490. The summed E-state index contributed by atoms with van der Waals surface area (Å²) in [6.45, 7) is 1.73. The lowest BCUT2D eigenvalue weighted by Gasteiger charge is -1.92. The minimum absolute atomic E-state index is 0.0559. The number of hydrogen-bond acceptors (Lipinski definition) is 2. The average Bonchev–Trinajstić information content (AvgIpc) is 1.65. The summed E-state index contributed by atoms with van der Waals surface area (Å²) in [5.41, 5.74) is 0. The molecule has 6 heavy (non-hydrogen) atoms. The Kier molecular flexibility index (Phi) is 3.29. The molecule has 0 fully saturated rings. The highest BCUT2D eigenvalue weighted by Crippen LogP contribution is 2.02. The van der Waals surface area contributed by atoms with E-state index in [2.05, 4.69) is 4.74 Å². The van der Waals surface area contributed by atoms with Crippen LogP contribution in [0, 0.1) is 0 Å². The zero-order valence-corrected chi connectivity index (χ0v) is 4.74. The minimum atomic E-state index is -0.148. The first-order chi connectivity index (χ1) is 2.81. The summed E-state index contributed by atoms with van der Waals surface area (Å²) in [5, 5.41) is 0. The lowest BCUT2D eigenvalue weighted by molar-refractivity contribution is 0.182. The van der Waals surface area contributed by atoms with Gasteiger partial charge in [-0.25, -0.2) is 0 Å². The molecule has 0 saturated heterocycles. The first-order valence-corrected chi connectivity index (χ1v) is 2.54. The monoisotopic (exact) mass is 106 g/mol. The molecule has 0 amide bonds. The normalized spacial score (nSPS) is 15.0. The predicted octanol–water partition coefficient (Wildman–Crippen LogP) is 1.27. The van der Waals surface area contributed by atoms with E-state index in [0.29, 0.717) is 0 Å². The van der Waals surface area contributed by atoms with E-state index in [4.69, 9.17) is 0 Å². The van der Waals surface area contributed by atoms with Crippen LogP contribution in [0.15, 0.2) is 0 Å². The van der Waals surface area contributed by atoms with Crippen molar-refractivity contribution in [1.82, 2.24) is 0 Å². The molecule has 0 aromatic heterocycles. The van der Waals surface area contributed by atoms with Crippen LogP contribution in [0.5, 0.6) is 0 Å². The van der Waals surface area contributed by atoms with E-state index in [9.17, 15) is 4.57 Å². The van der Waals surface area contributed by atoms with Gasteiger partial charge >= 0.3 is 0 Å². The zero-order chi connectivity index (χ0) is 4.99. The molecule has 0 aliphatic carbocycles. The molecule has 0 aliphatic heterocycles. The second kappa shape index (κ2) is 3.26. The van der Waals surface area contributed by atoms with Gasteiger partial charge in [-0.15, -0.1) is 0 Å². The molecule has 3 heteroatoms. The number of methoxy groups -OCH3 is 1. The van der Waals surface area contributed by atoms with Crippen molar-refractivity contribution in [2.45, 2.75) is 12.8 Å². The van der Waals surface area contributed by atoms with Crippen LogP contribution >= 0.6 is 8.46 Å². The van der Waals surface area contributed by atoms with E-state index < -0.39 is 0 Å². The maximum absolute atomic E-state index is 9.71. The van der Waals surface area contributed by atoms with Crippen molar-refractivity contribution in [1.29, 1.82) is 0 Å². The van der Waals surface area contributed by atoms with Gasteiger partial charge in [0.2, 0.25) is 0 Å². The molecule has 0 spiro atoms. The third-order valence-corrected chi connectivity index (χ3v) is 0.997. The fourth-order valence-corrected chi connectivity index (χ4v) is 0.129. The molecule has 0 radical (unpaired) electrons. The lowest BCUT2D eigenvalue weighted by atomic mass is 10.9. The van der Waals surface area contributed by atoms with Gasteiger partial charge in [-0.3, -0.25) is 4.57 Å². The number of ether oxygens (including phenoxy) is 1. The van der Waals surface area contributed by atoms with Gasteiger partial charge in [0.25, 0.3) is 0 Å². The third kappa shape index (κ3) is 2.31. The summed E-state index contributed by atoms with van der Waals surface area (Å²) in [7, 11) is 1.58. The van der Waals surface area contributed by atoms with E-state index in [1.807, 2.05) is 0 Å². The van der Waals surface area contributed by atoms with Crippen molar-refractivity contribution in [2.75, 3.05) is 7.11 Å². The molecule has 1 unspecified atom stereocenters. The minimum Gasteiger partial charge on any atom is -0.370 e. The van der Waals surface area contributed by atoms with Gasteiger partial charge < -0.3 is 4.74 Å². The number of rotatable bonds is 2. The Bertz CT molecular complexity index is 46.1. The number of hydrogen-bond donors (Lipinski definition) is 0. The van der Waals surface area contributed by atoms with E-state index in [1.165, 1.54) is 7.11 Å². The maximum Gasteiger partial charge on any atom is 0.187 e. The Morgan fingerprint density at radius 2 is 2.33 bits per heavy atom. The molecular weight excluding hydrogens is 99.0 g/mol. The van der Waals surface area contributed by atoms with Crippen LogP contribution < -0.4 is 0 Å². The Hall–Kier alpha value is 0.0600. The van der Waals surface area contributed by atoms with Gasteiger partial charge in [0.15, 0.2) is 8.46 Å². The maximum atomic E-state index is 9.71. The Balaban J connectivity index is 2.96. The van der Waals surface area contributed by atoms with Crippen molar-refractivity contribution >= 4 is 8.46 Å². The molecular formula is C3H7O2P. The van der Waals surface area contributed by atoms with E-state index in [-0.39, 0.29) is 14.3 Å². The smallest absolute Gasteiger partial charge is 0.187 e. The molecule has 0 aromatic rings. The van der Waals surface area contributed by atoms with Crippen LogP contribution in [0.1, 0.15) is 6.92 Å². The summed E-state index contributed by atoms with van der Waals surface area (Å²) in [4.78, 5) is 0. The van der Waals surface area contributed by atoms with Crippen LogP contribution in [0.2, 0.25) is 0 Å². The Labute approximate surface area is 38.7 Å². The zero-order valence-electron chi connectivity index (χ0n) is 3.84. The molecule has 0 saturated carbocycles. The van der Waals surface area contributed by atoms with Crippen LogP contribution in [0.25, 0.3) is 0 Å². The molecule has 0 aliphatic rings. The van der Waals surface area contributed by atoms with E-state index >= 15 is 0 Å². The molecule has 2 nitrogen and oxygen atoms in total. The van der Waals surface area contributed by atoms with Crippen molar-refractivity contribution in [3.8, 4) is 0 Å². The first kappa shape index (κ1) is 6.06. The Morgan fingerprint density at radius 3 is 2.33 bits per heavy atom. The topological polar surface area (TPSA) is 26.3 Å². The summed E-state index contributed by atoms with van der Waals surface area (Å²) < 4.78 is 14.3. The summed E-state index contributed by atoms with van der Waals surface area (Å²) >= 11 is 0. The lowest BCUT2D eigenvalue weighted by Crippen LogP contribution is -1.90. The summed E-state index contributed by atoms with van der Waals surface area (Å²) in [6.07, 6.45) is 0. The van der Waals surface area contributed by atoms with E-state index in [1.54, 1.807) is 6.92 Å². The van der Waals surface area contributed by atoms with Gasteiger partial charge in [0, 0.05) is 7.11 Å². The highest BCUT2D eigenvalue weighted by atomic mass is 31.1. The Morgan fingerprint density at radius 1 is 1.83 bits per heavy atom. The quantitative estimate of drug-likeness (QED) is 0.495. The summed E-state index contributed by atoms with van der Waals surface area (Å²) in [6, 6.07) is 0. The molecule has 0 aromatic carbocycles. The molecule has 1 atom stereocenters. The predicted molar refractivity (Wildman–Crippen MR) is 24.1 cm³/mol. The first-order valence-electron chi connectivity index (χ1n) is 1.66. The largest absolute Gasteiger partial charge is 0.370 e. The van der Waals surface area contributed by atoms with Gasteiger partial charge in [-0.05, 0) is 6.92 Å². The highest BCUT2D eigenvalue weighted by Gasteiger charge is 1.90. The van der Waals surface area contributed by atoms with Crippen LogP contribution in [-0.2, 0) is 9.30 Å². The average molecular weight is 106 g/mol. The van der Waals surface area contributed by atoms with Gasteiger partial charge in [0.1, 0.15) is 5.85 Å². The SMILES string of the molecule is COC(C)P=O. The van der Waals surface area contributed by atoms with Crippen molar-refractivity contribution in [3.63, 3.8) is 0 Å². The van der Waals surface area contributed by atoms with Gasteiger partial charge in [0.05, 0.1) is 0 Å². The standard InChI is InChI=1S/C3H7O2P/c1-3(5-2)6-4/h3H,1-2H3. The highest BCUT2D eigenvalue weighted by molar-refractivity contribution is 7.24. The van der Waals surface area contributed by atoms with Crippen LogP contribution in [-0.4, -0.2) is 13.0 Å². The van der Waals surface area contributed by atoms with Crippen molar-refractivity contribution < 1.29 is 9.30 Å². The van der Waals surface area contributed by atoms with E-state index in [0.717, 1.165) is 0 Å².